The minimum absolute atomic E-state index is 0.0749. The lowest BCUT2D eigenvalue weighted by molar-refractivity contribution is -0.155. The largest absolute Gasteiger partial charge is 0.480 e. The molecule has 0 radical (unpaired) electrons. The second-order valence-corrected chi connectivity index (χ2v) is 6.05. The Kier molecular flexibility index (Phi) is 5.45. The highest BCUT2D eigenvalue weighted by molar-refractivity contribution is 5.86. The van der Waals surface area contributed by atoms with Crippen molar-refractivity contribution < 1.29 is 27.9 Å². The van der Waals surface area contributed by atoms with Gasteiger partial charge in [-0.1, -0.05) is 25.1 Å². The van der Waals surface area contributed by atoms with E-state index in [0.717, 1.165) is 17.0 Å². The van der Waals surface area contributed by atoms with E-state index in [1.54, 1.807) is 6.92 Å². The molecule has 0 saturated heterocycles. The van der Waals surface area contributed by atoms with Gasteiger partial charge in [0.1, 0.15) is 5.54 Å². The number of hydrogen-bond donors (Lipinski definition) is 1. The number of aliphatic carboxylic acids is 1. The highest BCUT2D eigenvalue weighted by Crippen LogP contribution is 2.32. The van der Waals surface area contributed by atoms with Crippen LogP contribution >= 0.6 is 0 Å². The minimum Gasteiger partial charge on any atom is -0.480 e. The summed E-state index contributed by atoms with van der Waals surface area (Å²) < 4.78 is 38.2. The lowest BCUT2D eigenvalue weighted by atomic mass is 9.94. The van der Waals surface area contributed by atoms with Crippen molar-refractivity contribution in [3.8, 4) is 0 Å². The van der Waals surface area contributed by atoms with Gasteiger partial charge in [-0.05, 0) is 31.4 Å². The van der Waals surface area contributed by atoms with Crippen molar-refractivity contribution in [1.82, 2.24) is 4.90 Å². The second kappa shape index (κ2) is 6.60. The van der Waals surface area contributed by atoms with Crippen molar-refractivity contribution >= 4 is 11.9 Å². The second-order valence-electron chi connectivity index (χ2n) is 6.05. The Bertz CT molecular complexity index is 596. The molecule has 1 rings (SSSR count). The van der Waals surface area contributed by atoms with Crippen LogP contribution in [0.25, 0.3) is 0 Å². The summed E-state index contributed by atoms with van der Waals surface area (Å²) >= 11 is 0. The lowest BCUT2D eigenvalue weighted by Crippen LogP contribution is -2.50. The monoisotopic (exact) mass is 331 g/mol. The highest BCUT2D eigenvalue weighted by Gasteiger charge is 2.36. The first-order valence-electron chi connectivity index (χ1n) is 7.04. The maximum atomic E-state index is 12.7. The predicted octanol–water partition coefficient (Wildman–Crippen LogP) is 3.52. The van der Waals surface area contributed by atoms with Gasteiger partial charge in [0.25, 0.3) is 0 Å². The van der Waals surface area contributed by atoms with Crippen LogP contribution in [0.2, 0.25) is 0 Å². The normalized spacial score (nSPS) is 13.5. The Morgan fingerprint density at radius 3 is 2.30 bits per heavy atom. The van der Waals surface area contributed by atoms with Gasteiger partial charge in [-0.15, -0.1) is 0 Å². The molecule has 0 aliphatic rings. The summed E-state index contributed by atoms with van der Waals surface area (Å²) in [4.78, 5) is 24.5. The lowest BCUT2D eigenvalue weighted by Gasteiger charge is -2.32. The maximum absolute atomic E-state index is 12.7. The quantitative estimate of drug-likeness (QED) is 0.898. The Labute approximate surface area is 132 Å². The first kappa shape index (κ1) is 19.0. The fraction of sp³-hybridized carbons (Fsp3) is 0.500. The number of alkyl halides is 3. The van der Waals surface area contributed by atoms with Crippen LogP contribution in [-0.4, -0.2) is 34.5 Å². The van der Waals surface area contributed by atoms with Crippen LogP contribution in [-0.2, 0) is 15.8 Å². The highest BCUT2D eigenvalue weighted by atomic mass is 19.4. The number of amides is 1. The Balaban J connectivity index is 2.90. The Morgan fingerprint density at radius 1 is 1.26 bits per heavy atom. The molecule has 1 aromatic rings. The van der Waals surface area contributed by atoms with Crippen molar-refractivity contribution in [2.24, 2.45) is 0 Å². The molecule has 0 aliphatic carbocycles. The average molecular weight is 331 g/mol. The third kappa shape index (κ3) is 4.46. The van der Waals surface area contributed by atoms with E-state index < -0.39 is 35.1 Å². The number of carboxylic acid groups (broad SMARTS) is 1. The topological polar surface area (TPSA) is 57.6 Å². The fourth-order valence-corrected chi connectivity index (χ4v) is 1.99. The maximum Gasteiger partial charge on any atom is 0.416 e. The number of hydrogen-bond acceptors (Lipinski definition) is 2. The van der Waals surface area contributed by atoms with Crippen molar-refractivity contribution in [3.63, 3.8) is 0 Å². The van der Waals surface area contributed by atoms with Gasteiger partial charge >= 0.3 is 12.1 Å². The van der Waals surface area contributed by atoms with Crippen LogP contribution in [0.3, 0.4) is 0 Å². The molecule has 1 unspecified atom stereocenters. The fourth-order valence-electron chi connectivity index (χ4n) is 1.99. The first-order valence-corrected chi connectivity index (χ1v) is 7.04. The van der Waals surface area contributed by atoms with E-state index in [4.69, 9.17) is 5.11 Å². The molecule has 0 bridgehead atoms. The van der Waals surface area contributed by atoms with Crippen molar-refractivity contribution in [2.45, 2.75) is 44.8 Å². The summed E-state index contributed by atoms with van der Waals surface area (Å²) in [5.41, 5.74) is -1.77. The third-order valence-electron chi connectivity index (χ3n) is 4.00. The van der Waals surface area contributed by atoms with E-state index in [1.165, 1.54) is 33.0 Å². The average Bonchev–Trinajstić information content (AvgIpc) is 2.45. The van der Waals surface area contributed by atoms with E-state index in [1.807, 2.05) is 0 Å². The number of benzene rings is 1. The van der Waals surface area contributed by atoms with Gasteiger partial charge in [0.15, 0.2) is 0 Å². The molecule has 1 atom stereocenters. The van der Waals surface area contributed by atoms with Gasteiger partial charge in [-0.2, -0.15) is 13.2 Å². The van der Waals surface area contributed by atoms with Crippen LogP contribution in [0.1, 0.15) is 44.2 Å². The molecule has 0 spiro atoms. The van der Waals surface area contributed by atoms with Crippen molar-refractivity contribution in [2.75, 3.05) is 7.05 Å². The molecule has 128 valence electrons. The van der Waals surface area contributed by atoms with E-state index >= 15 is 0 Å². The summed E-state index contributed by atoms with van der Waals surface area (Å²) in [6.07, 6.45) is -4.52. The Hall–Kier alpha value is -2.05. The molecule has 0 heterocycles. The summed E-state index contributed by atoms with van der Waals surface area (Å²) in [5, 5.41) is 9.12. The van der Waals surface area contributed by atoms with Gasteiger partial charge in [0.2, 0.25) is 5.91 Å². The molecule has 4 nitrogen and oxygen atoms in total. The SMILES string of the molecule is CC(CC(=O)N(C)C(C)(C)C(=O)O)c1cccc(C(F)(F)F)c1. The van der Waals surface area contributed by atoms with Crippen LogP contribution in [0, 0.1) is 0 Å². The van der Waals surface area contributed by atoms with E-state index in [9.17, 15) is 22.8 Å². The summed E-state index contributed by atoms with van der Waals surface area (Å²) in [6.45, 7) is 4.42. The molecular weight excluding hydrogens is 311 g/mol. The number of carboxylic acids is 1. The molecule has 23 heavy (non-hydrogen) atoms. The zero-order valence-corrected chi connectivity index (χ0v) is 13.4. The number of likely N-dealkylation sites (N-methyl/N-ethyl adjacent to an activating group) is 1. The van der Waals surface area contributed by atoms with E-state index in [-0.39, 0.29) is 6.42 Å². The summed E-state index contributed by atoms with van der Waals surface area (Å²) in [5.74, 6) is -2.06. The third-order valence-corrected chi connectivity index (χ3v) is 4.00. The number of halogens is 3. The predicted molar refractivity (Wildman–Crippen MR) is 79.0 cm³/mol. The molecule has 0 saturated carbocycles. The van der Waals surface area contributed by atoms with Gasteiger partial charge < -0.3 is 10.0 Å². The number of rotatable bonds is 5. The molecule has 0 fully saturated rings. The van der Waals surface area contributed by atoms with Crippen molar-refractivity contribution in [3.05, 3.63) is 35.4 Å². The molecular formula is C16H20F3NO3. The number of carbonyl (C=O) groups is 2. The number of nitrogens with zero attached hydrogens (tertiary/aromatic N) is 1. The minimum atomic E-state index is -4.44. The molecule has 1 aromatic carbocycles. The molecule has 1 N–H and O–H groups in total. The standard InChI is InChI=1S/C16H20F3NO3/c1-10(8-13(21)20(4)15(2,3)14(22)23)11-6-5-7-12(9-11)16(17,18)19/h5-7,9-10H,8H2,1-4H3,(H,22,23). The molecule has 0 aromatic heterocycles. The van der Waals surface area contributed by atoms with Crippen LogP contribution in [0.4, 0.5) is 13.2 Å². The molecule has 0 aliphatic heterocycles. The van der Waals surface area contributed by atoms with Crippen LogP contribution in [0.5, 0.6) is 0 Å². The van der Waals surface area contributed by atoms with Crippen LogP contribution in [0.15, 0.2) is 24.3 Å². The van der Waals surface area contributed by atoms with Crippen molar-refractivity contribution in [1.29, 1.82) is 0 Å². The van der Waals surface area contributed by atoms with E-state index in [0.29, 0.717) is 5.56 Å². The molecule has 7 heteroatoms. The van der Waals surface area contributed by atoms with Gasteiger partial charge in [-0.25, -0.2) is 4.79 Å². The van der Waals surface area contributed by atoms with Gasteiger partial charge in [-0.3, -0.25) is 4.79 Å². The van der Waals surface area contributed by atoms with Gasteiger partial charge in [0.05, 0.1) is 5.56 Å². The van der Waals surface area contributed by atoms with E-state index in [2.05, 4.69) is 0 Å². The van der Waals surface area contributed by atoms with Crippen LogP contribution < -0.4 is 0 Å². The zero-order chi connectivity index (χ0) is 18.0. The zero-order valence-electron chi connectivity index (χ0n) is 13.4. The first-order chi connectivity index (χ1) is 10.4. The molecule has 1 amide bonds. The Morgan fingerprint density at radius 2 is 1.83 bits per heavy atom. The summed E-state index contributed by atoms with van der Waals surface area (Å²) in [7, 11) is 1.37. The number of carbonyl (C=O) groups excluding carboxylic acids is 1. The smallest absolute Gasteiger partial charge is 0.416 e. The van der Waals surface area contributed by atoms with Gasteiger partial charge in [0, 0.05) is 13.5 Å². The summed E-state index contributed by atoms with van der Waals surface area (Å²) in [6, 6.07) is 4.80.